The van der Waals surface area contributed by atoms with Crippen molar-refractivity contribution in [2.45, 2.75) is 6.42 Å². The van der Waals surface area contributed by atoms with Crippen LogP contribution in [-0.4, -0.2) is 25.7 Å². The van der Waals surface area contributed by atoms with E-state index >= 15 is 0 Å². The molecule has 0 aromatic heterocycles. The molecule has 0 bridgehead atoms. The lowest BCUT2D eigenvalue weighted by atomic mass is 10.5. The molecular formula is C5H12O2S. The zero-order valence-corrected chi connectivity index (χ0v) is 6.16. The minimum atomic E-state index is 0.706. The molecule has 2 nitrogen and oxygen atoms in total. The van der Waals surface area contributed by atoms with Gasteiger partial charge in [-0.05, 0) is 18.4 Å². The van der Waals surface area contributed by atoms with Gasteiger partial charge in [0, 0.05) is 0 Å². The summed E-state index contributed by atoms with van der Waals surface area (Å²) in [5, 5.41) is 0. The summed E-state index contributed by atoms with van der Waals surface area (Å²) in [7, 11) is 1.53. The Bertz CT molecular complexity index is 35.4. The van der Waals surface area contributed by atoms with Crippen LogP contribution in [0.5, 0.6) is 0 Å². The molecule has 0 fully saturated rings. The predicted octanol–water partition coefficient (Wildman–Crippen LogP) is 1.32. The van der Waals surface area contributed by atoms with Crippen molar-refractivity contribution >= 4 is 11.8 Å². The molecule has 0 aliphatic heterocycles. The van der Waals surface area contributed by atoms with Crippen molar-refractivity contribution in [1.29, 1.82) is 0 Å². The fourth-order valence-electron chi connectivity index (χ4n) is 0.346. The number of hydrogen-bond acceptors (Lipinski definition) is 3. The van der Waals surface area contributed by atoms with Gasteiger partial charge in [-0.2, -0.15) is 11.8 Å². The molecule has 0 saturated heterocycles. The molecule has 0 aliphatic rings. The number of thioether (sulfide) groups is 1. The van der Waals surface area contributed by atoms with Crippen LogP contribution in [-0.2, 0) is 9.78 Å². The van der Waals surface area contributed by atoms with Crippen LogP contribution in [0.15, 0.2) is 0 Å². The quantitative estimate of drug-likeness (QED) is 0.322. The third-order valence-corrected chi connectivity index (χ3v) is 1.39. The van der Waals surface area contributed by atoms with Crippen molar-refractivity contribution in [3.8, 4) is 0 Å². The van der Waals surface area contributed by atoms with Gasteiger partial charge in [0.15, 0.2) is 0 Å². The Hall–Kier alpha value is 0.270. The highest BCUT2D eigenvalue weighted by atomic mass is 32.2. The molecule has 0 heterocycles. The summed E-state index contributed by atoms with van der Waals surface area (Å²) in [5.74, 6) is 1.14. The summed E-state index contributed by atoms with van der Waals surface area (Å²) < 4.78 is 0. The first kappa shape index (κ1) is 8.27. The summed E-state index contributed by atoms with van der Waals surface area (Å²) in [4.78, 5) is 9.00. The highest BCUT2D eigenvalue weighted by Gasteiger charge is 1.83. The topological polar surface area (TPSA) is 18.5 Å². The lowest BCUT2D eigenvalue weighted by Crippen LogP contribution is -1.93. The molecule has 0 aliphatic carbocycles. The second-order valence-corrected chi connectivity index (χ2v) is 2.32. The molecule has 0 spiro atoms. The van der Waals surface area contributed by atoms with Crippen molar-refractivity contribution in [2.24, 2.45) is 0 Å². The van der Waals surface area contributed by atoms with E-state index in [9.17, 15) is 0 Å². The standard InChI is InChI=1S/C5H12O2S/c1-6-7-4-3-5-8-2/h3-5H2,1-2H3. The van der Waals surface area contributed by atoms with Gasteiger partial charge in [-0.1, -0.05) is 0 Å². The van der Waals surface area contributed by atoms with Crippen LogP contribution in [0.4, 0.5) is 0 Å². The minimum absolute atomic E-state index is 0.706. The number of rotatable bonds is 5. The fourth-order valence-corrected chi connectivity index (χ4v) is 0.752. The molecule has 0 aromatic rings. The van der Waals surface area contributed by atoms with Crippen molar-refractivity contribution in [1.82, 2.24) is 0 Å². The Morgan fingerprint density at radius 3 is 2.75 bits per heavy atom. The highest BCUT2D eigenvalue weighted by molar-refractivity contribution is 7.98. The van der Waals surface area contributed by atoms with Crippen LogP contribution in [0.1, 0.15) is 6.42 Å². The summed E-state index contributed by atoms with van der Waals surface area (Å²) in [6.07, 6.45) is 3.14. The molecular weight excluding hydrogens is 124 g/mol. The van der Waals surface area contributed by atoms with Crippen LogP contribution in [0, 0.1) is 0 Å². The van der Waals surface area contributed by atoms with E-state index in [-0.39, 0.29) is 0 Å². The van der Waals surface area contributed by atoms with E-state index in [1.165, 1.54) is 7.11 Å². The largest absolute Gasteiger partial charge is 0.240 e. The molecule has 0 rings (SSSR count). The van der Waals surface area contributed by atoms with Crippen molar-refractivity contribution in [2.75, 3.05) is 25.7 Å². The molecule has 0 atom stereocenters. The first-order valence-electron chi connectivity index (χ1n) is 2.56. The van der Waals surface area contributed by atoms with Gasteiger partial charge in [0.1, 0.15) is 0 Å². The number of hydrogen-bond donors (Lipinski definition) is 0. The van der Waals surface area contributed by atoms with Gasteiger partial charge in [0.25, 0.3) is 0 Å². The van der Waals surface area contributed by atoms with Crippen molar-refractivity contribution in [3.05, 3.63) is 0 Å². The Balaban J connectivity index is 2.53. The SMILES string of the molecule is COOCCCSC. The third-order valence-electron chi connectivity index (χ3n) is 0.694. The maximum atomic E-state index is 4.62. The van der Waals surface area contributed by atoms with E-state index in [0.717, 1.165) is 12.2 Å². The average molecular weight is 136 g/mol. The summed E-state index contributed by atoms with van der Waals surface area (Å²) in [5.41, 5.74) is 0. The third kappa shape index (κ3) is 6.27. The van der Waals surface area contributed by atoms with E-state index < -0.39 is 0 Å². The Morgan fingerprint density at radius 1 is 1.50 bits per heavy atom. The van der Waals surface area contributed by atoms with Gasteiger partial charge in [0.05, 0.1) is 13.7 Å². The fraction of sp³-hybridized carbons (Fsp3) is 1.00. The summed E-state index contributed by atoms with van der Waals surface area (Å²) in [6.45, 7) is 0.706. The summed E-state index contributed by atoms with van der Waals surface area (Å²) in [6, 6.07) is 0. The molecule has 0 radical (unpaired) electrons. The van der Waals surface area contributed by atoms with Crippen molar-refractivity contribution in [3.63, 3.8) is 0 Å². The lowest BCUT2D eigenvalue weighted by Gasteiger charge is -1.95. The van der Waals surface area contributed by atoms with E-state index in [1.54, 1.807) is 0 Å². The zero-order chi connectivity index (χ0) is 6.24. The van der Waals surface area contributed by atoms with E-state index in [2.05, 4.69) is 16.0 Å². The molecule has 0 unspecified atom stereocenters. The first-order chi connectivity index (χ1) is 3.91. The predicted molar refractivity (Wildman–Crippen MR) is 36.0 cm³/mol. The maximum absolute atomic E-state index is 4.62. The molecule has 0 aromatic carbocycles. The highest BCUT2D eigenvalue weighted by Crippen LogP contribution is 1.94. The molecule has 3 heteroatoms. The minimum Gasteiger partial charge on any atom is -0.240 e. The van der Waals surface area contributed by atoms with Crippen LogP contribution < -0.4 is 0 Å². The molecule has 0 saturated carbocycles. The average Bonchev–Trinajstić information content (AvgIpc) is 1.81. The van der Waals surface area contributed by atoms with Gasteiger partial charge in [0.2, 0.25) is 0 Å². The second-order valence-electron chi connectivity index (χ2n) is 1.33. The van der Waals surface area contributed by atoms with Gasteiger partial charge in [-0.25, -0.2) is 9.78 Å². The van der Waals surface area contributed by atoms with E-state index in [4.69, 9.17) is 0 Å². The van der Waals surface area contributed by atoms with Gasteiger partial charge >= 0.3 is 0 Å². The lowest BCUT2D eigenvalue weighted by molar-refractivity contribution is -0.271. The molecule has 50 valence electrons. The van der Waals surface area contributed by atoms with Crippen molar-refractivity contribution < 1.29 is 9.78 Å². The zero-order valence-electron chi connectivity index (χ0n) is 5.35. The molecule has 8 heavy (non-hydrogen) atoms. The Labute approximate surface area is 54.5 Å². The maximum Gasteiger partial charge on any atom is 0.0830 e. The van der Waals surface area contributed by atoms with Gasteiger partial charge in [-0.15, -0.1) is 0 Å². The van der Waals surface area contributed by atoms with Crippen LogP contribution >= 0.6 is 11.8 Å². The monoisotopic (exact) mass is 136 g/mol. The Morgan fingerprint density at radius 2 is 2.25 bits per heavy atom. The smallest absolute Gasteiger partial charge is 0.0830 e. The van der Waals surface area contributed by atoms with Gasteiger partial charge < -0.3 is 0 Å². The van der Waals surface area contributed by atoms with Crippen LogP contribution in [0.2, 0.25) is 0 Å². The van der Waals surface area contributed by atoms with Gasteiger partial charge in [-0.3, -0.25) is 0 Å². The second kappa shape index (κ2) is 7.27. The first-order valence-corrected chi connectivity index (χ1v) is 3.95. The normalized spacial score (nSPS) is 9.75. The van der Waals surface area contributed by atoms with E-state index in [1.807, 2.05) is 11.8 Å². The van der Waals surface area contributed by atoms with Crippen LogP contribution in [0.25, 0.3) is 0 Å². The molecule has 0 amide bonds. The molecule has 0 N–H and O–H groups in total. The van der Waals surface area contributed by atoms with Crippen LogP contribution in [0.3, 0.4) is 0 Å². The Kier molecular flexibility index (Phi) is 7.52. The summed E-state index contributed by atoms with van der Waals surface area (Å²) >= 11 is 1.82. The van der Waals surface area contributed by atoms with E-state index in [0.29, 0.717) is 6.61 Å².